The highest BCUT2D eigenvalue weighted by molar-refractivity contribution is 5.92. The molecule has 36 heavy (non-hydrogen) atoms. The second-order valence-electron chi connectivity index (χ2n) is 8.98. The van der Waals surface area contributed by atoms with Crippen molar-refractivity contribution >= 4 is 11.6 Å². The molecule has 0 aliphatic carbocycles. The molecule has 6 nitrogen and oxygen atoms in total. The number of hydrogen-bond donors (Lipinski definition) is 2. The molecule has 1 aliphatic heterocycles. The van der Waals surface area contributed by atoms with Crippen molar-refractivity contribution in [2.45, 2.75) is 44.2 Å². The molecule has 0 bridgehead atoms. The first-order valence-electron chi connectivity index (χ1n) is 12.0. The first-order valence-corrected chi connectivity index (χ1v) is 12.0. The van der Waals surface area contributed by atoms with Gasteiger partial charge in [0.1, 0.15) is 23.4 Å². The number of rotatable bonds is 8. The number of nitrogens with one attached hydrogen (secondary N) is 2. The Labute approximate surface area is 209 Å². The summed E-state index contributed by atoms with van der Waals surface area (Å²) in [6, 6.07) is 16.2. The summed E-state index contributed by atoms with van der Waals surface area (Å²) in [5.41, 5.74) is 2.26. The number of anilines is 1. The molecule has 0 saturated carbocycles. The van der Waals surface area contributed by atoms with E-state index in [1.807, 2.05) is 6.92 Å². The zero-order valence-electron chi connectivity index (χ0n) is 20.0. The van der Waals surface area contributed by atoms with Crippen molar-refractivity contribution < 1.29 is 18.3 Å². The smallest absolute Gasteiger partial charge is 0.225 e. The second kappa shape index (κ2) is 11.8. The van der Waals surface area contributed by atoms with E-state index in [0.29, 0.717) is 54.4 Å². The zero-order valence-corrected chi connectivity index (χ0v) is 20.0. The molecule has 0 unspecified atom stereocenters. The van der Waals surface area contributed by atoms with Crippen molar-refractivity contribution in [1.82, 2.24) is 10.3 Å². The maximum absolute atomic E-state index is 14.8. The van der Waals surface area contributed by atoms with Crippen LogP contribution in [-0.4, -0.2) is 36.2 Å². The minimum Gasteiger partial charge on any atom is -0.375 e. The van der Waals surface area contributed by atoms with Gasteiger partial charge in [0.05, 0.1) is 12.7 Å². The predicted octanol–water partition coefficient (Wildman–Crippen LogP) is 4.70. The second-order valence-corrected chi connectivity index (χ2v) is 8.98. The van der Waals surface area contributed by atoms with E-state index >= 15 is 0 Å². The summed E-state index contributed by atoms with van der Waals surface area (Å²) in [4.78, 5) is 17.3. The highest BCUT2D eigenvalue weighted by atomic mass is 19.1. The number of ether oxygens (including phenoxy) is 1. The van der Waals surface area contributed by atoms with Gasteiger partial charge in [-0.15, -0.1) is 0 Å². The van der Waals surface area contributed by atoms with E-state index < -0.39 is 11.7 Å². The number of morpholine rings is 1. The van der Waals surface area contributed by atoms with E-state index in [-0.39, 0.29) is 29.9 Å². The maximum atomic E-state index is 14.8. The van der Waals surface area contributed by atoms with E-state index in [1.54, 1.807) is 36.4 Å². The molecule has 1 aliphatic rings. The summed E-state index contributed by atoms with van der Waals surface area (Å²) in [6.07, 6.45) is 2.47. The molecule has 1 aromatic heterocycles. The number of pyridine rings is 1. The summed E-state index contributed by atoms with van der Waals surface area (Å²) >= 11 is 0. The van der Waals surface area contributed by atoms with Gasteiger partial charge in [-0.3, -0.25) is 4.79 Å². The fraction of sp³-hybridized carbons (Fsp3) is 0.321. The number of aromatic nitrogens is 1. The fourth-order valence-electron chi connectivity index (χ4n) is 4.43. The number of carbonyl (C=O) groups is 1. The topological polar surface area (TPSA) is 87.0 Å². The molecule has 8 heteroatoms. The lowest BCUT2D eigenvalue weighted by molar-refractivity contribution is -0.116. The number of halogens is 2. The highest BCUT2D eigenvalue weighted by Gasteiger charge is 2.24. The van der Waals surface area contributed by atoms with Gasteiger partial charge in [0.15, 0.2) is 0 Å². The zero-order chi connectivity index (χ0) is 25.5. The summed E-state index contributed by atoms with van der Waals surface area (Å²) in [5, 5.41) is 15.8. The van der Waals surface area contributed by atoms with Gasteiger partial charge >= 0.3 is 0 Å². The van der Waals surface area contributed by atoms with Gasteiger partial charge in [-0.2, -0.15) is 5.26 Å². The Morgan fingerprint density at radius 2 is 2.03 bits per heavy atom. The summed E-state index contributed by atoms with van der Waals surface area (Å²) < 4.78 is 34.1. The Balaban J connectivity index is 1.53. The van der Waals surface area contributed by atoms with Gasteiger partial charge in [-0.1, -0.05) is 24.3 Å². The molecule has 4 rings (SSSR count). The van der Waals surface area contributed by atoms with Crippen molar-refractivity contribution in [2.24, 2.45) is 0 Å². The predicted molar refractivity (Wildman–Crippen MR) is 132 cm³/mol. The van der Waals surface area contributed by atoms with Crippen LogP contribution in [0.1, 0.15) is 48.1 Å². The van der Waals surface area contributed by atoms with Gasteiger partial charge in [0.25, 0.3) is 0 Å². The quantitative estimate of drug-likeness (QED) is 0.478. The van der Waals surface area contributed by atoms with Crippen LogP contribution >= 0.6 is 0 Å². The van der Waals surface area contributed by atoms with Crippen LogP contribution in [0, 0.1) is 23.0 Å². The minimum atomic E-state index is -0.533. The third-order valence-electron chi connectivity index (χ3n) is 6.37. The molecule has 0 spiro atoms. The molecule has 3 atom stereocenters. The average molecular weight is 491 g/mol. The van der Waals surface area contributed by atoms with Crippen LogP contribution in [0.2, 0.25) is 0 Å². The summed E-state index contributed by atoms with van der Waals surface area (Å²) in [7, 11) is 0. The van der Waals surface area contributed by atoms with Gasteiger partial charge in [0.2, 0.25) is 5.91 Å². The van der Waals surface area contributed by atoms with Crippen LogP contribution in [0.4, 0.5) is 14.5 Å². The van der Waals surface area contributed by atoms with Crippen LogP contribution in [0.3, 0.4) is 0 Å². The Bertz CT molecular complexity index is 1240. The van der Waals surface area contributed by atoms with Crippen LogP contribution in [0.15, 0.2) is 60.8 Å². The van der Waals surface area contributed by atoms with E-state index in [2.05, 4.69) is 21.7 Å². The van der Waals surface area contributed by atoms with E-state index in [1.165, 1.54) is 24.4 Å². The molecular formula is C28H28F2N4O2. The molecular weight excluding hydrogens is 462 g/mol. The number of nitrogens with zero attached hydrogens (tertiary/aromatic N) is 2. The molecule has 1 fully saturated rings. The maximum Gasteiger partial charge on any atom is 0.225 e. The van der Waals surface area contributed by atoms with Gasteiger partial charge in [0, 0.05) is 42.4 Å². The van der Waals surface area contributed by atoms with Crippen molar-refractivity contribution in [3.8, 4) is 6.07 Å². The van der Waals surface area contributed by atoms with Crippen molar-refractivity contribution in [3.63, 3.8) is 0 Å². The van der Waals surface area contributed by atoms with Crippen molar-refractivity contribution in [2.75, 3.05) is 18.5 Å². The molecule has 2 N–H and O–H groups in total. The number of amides is 1. The van der Waals surface area contributed by atoms with Gasteiger partial charge in [-0.05, 0) is 61.2 Å². The highest BCUT2D eigenvalue weighted by Crippen LogP contribution is 2.31. The van der Waals surface area contributed by atoms with Crippen molar-refractivity contribution in [1.29, 1.82) is 5.26 Å². The number of carbonyl (C=O) groups excluding carboxylic acids is 1. The van der Waals surface area contributed by atoms with Crippen LogP contribution in [0.25, 0.3) is 0 Å². The first kappa shape index (κ1) is 25.4. The molecule has 1 amide bonds. The van der Waals surface area contributed by atoms with Gasteiger partial charge < -0.3 is 15.4 Å². The Morgan fingerprint density at radius 1 is 1.22 bits per heavy atom. The Hall–Kier alpha value is -3.67. The van der Waals surface area contributed by atoms with Crippen LogP contribution in [-0.2, 0) is 16.0 Å². The fourth-order valence-corrected chi connectivity index (χ4v) is 4.43. The Kier molecular flexibility index (Phi) is 8.36. The standard InChI is InChI=1S/C28H28F2N4O2/c1-18-17-36-21(16-33-18)11-12-23-25(30)5-2-6-26(23)34-28(35)14-24(19-7-9-20(29)10-8-19)22-4-3-13-32-27(22)15-31/h2-10,13,18,21,24,33H,11-12,14,16-17H2,1H3,(H,34,35)/t18-,21+,24-/m0/s1. The minimum absolute atomic E-state index is 0.0257. The molecule has 2 aromatic carbocycles. The first-order chi connectivity index (χ1) is 17.4. The van der Waals surface area contributed by atoms with E-state index in [0.717, 1.165) is 0 Å². The number of benzene rings is 2. The summed E-state index contributed by atoms with van der Waals surface area (Å²) in [6.45, 7) is 3.35. The molecule has 186 valence electrons. The van der Waals surface area contributed by atoms with Crippen LogP contribution < -0.4 is 10.6 Å². The largest absolute Gasteiger partial charge is 0.375 e. The molecule has 2 heterocycles. The van der Waals surface area contributed by atoms with Crippen molar-refractivity contribution in [3.05, 3.63) is 94.8 Å². The lowest BCUT2D eigenvalue weighted by atomic mass is 9.87. The summed E-state index contributed by atoms with van der Waals surface area (Å²) in [5.74, 6) is -1.67. The molecule has 3 aromatic rings. The normalized spacial score (nSPS) is 18.3. The number of hydrogen-bond acceptors (Lipinski definition) is 5. The van der Waals surface area contributed by atoms with E-state index in [9.17, 15) is 18.8 Å². The monoisotopic (exact) mass is 490 g/mol. The SMILES string of the molecule is C[C@H]1CO[C@H](CCc2c(F)cccc2NC(=O)C[C@@H](c2ccc(F)cc2)c2cccnc2C#N)CN1. The Morgan fingerprint density at radius 3 is 2.75 bits per heavy atom. The van der Waals surface area contributed by atoms with Crippen LogP contribution in [0.5, 0.6) is 0 Å². The van der Waals surface area contributed by atoms with Gasteiger partial charge in [-0.25, -0.2) is 13.8 Å². The lowest BCUT2D eigenvalue weighted by Crippen LogP contribution is -2.44. The van der Waals surface area contributed by atoms with E-state index in [4.69, 9.17) is 4.74 Å². The average Bonchev–Trinajstić information content (AvgIpc) is 2.88. The third kappa shape index (κ3) is 6.30. The number of nitriles is 1. The molecule has 1 saturated heterocycles. The lowest BCUT2D eigenvalue weighted by Gasteiger charge is -2.28. The third-order valence-corrected chi connectivity index (χ3v) is 6.37. The molecule has 0 radical (unpaired) electrons.